The van der Waals surface area contributed by atoms with Crippen LogP contribution in [0.5, 0.6) is 0 Å². The Morgan fingerprint density at radius 3 is 2.69 bits per heavy atom. The van der Waals surface area contributed by atoms with Crippen LogP contribution in [0.4, 0.5) is 4.79 Å². The highest BCUT2D eigenvalue weighted by molar-refractivity contribution is 5.94. The third-order valence-corrected chi connectivity index (χ3v) is 5.42. The summed E-state index contributed by atoms with van der Waals surface area (Å²) in [5.74, 6) is 1.88. The van der Waals surface area contributed by atoms with Crippen molar-refractivity contribution in [1.29, 1.82) is 0 Å². The topological polar surface area (TPSA) is 114 Å². The second kappa shape index (κ2) is 11.6. The van der Waals surface area contributed by atoms with E-state index in [4.69, 9.17) is 10.7 Å². The van der Waals surface area contributed by atoms with Crippen LogP contribution in [0.2, 0.25) is 0 Å². The number of hydrogen-bond donors (Lipinski definition) is 4. The number of urea groups is 1. The summed E-state index contributed by atoms with van der Waals surface area (Å²) < 4.78 is 0. The van der Waals surface area contributed by atoms with Gasteiger partial charge >= 0.3 is 6.03 Å². The van der Waals surface area contributed by atoms with E-state index in [0.29, 0.717) is 24.7 Å². The number of rotatable bonds is 10. The number of amidine groups is 1. The molecule has 10 heteroatoms. The Morgan fingerprint density at radius 1 is 1.31 bits per heavy atom. The molecule has 10 nitrogen and oxygen atoms in total. The number of nitrogens with two attached hydrogens (primary N) is 1. The summed E-state index contributed by atoms with van der Waals surface area (Å²) in [6.45, 7) is 10.6. The maximum atomic E-state index is 11.3. The maximum absolute atomic E-state index is 11.3. The van der Waals surface area contributed by atoms with Gasteiger partial charge in [-0.3, -0.25) is 10.0 Å². The molecule has 0 aromatic rings. The molecule has 5 N–H and O–H groups in total. The SMILES string of the molecule is CC/N=C(\C=C(\NC1CC1)N(CC)/N=C\C/C=C1\NC(=O)NC1N)N1C=CN(CC)CC1. The lowest BCUT2D eigenvalue weighted by molar-refractivity contribution is 0.247. The van der Waals surface area contributed by atoms with Crippen LogP contribution in [0.1, 0.15) is 40.0 Å². The number of hydrazone groups is 1. The molecule has 2 amide bonds. The summed E-state index contributed by atoms with van der Waals surface area (Å²) in [5, 5.41) is 15.5. The van der Waals surface area contributed by atoms with Gasteiger partial charge in [-0.15, -0.1) is 0 Å². The van der Waals surface area contributed by atoms with Gasteiger partial charge in [0.1, 0.15) is 17.8 Å². The molecule has 0 aromatic heterocycles. The zero-order valence-electron chi connectivity index (χ0n) is 19.4. The summed E-state index contributed by atoms with van der Waals surface area (Å²) in [5.41, 5.74) is 6.53. The minimum Gasteiger partial charge on any atom is -0.375 e. The van der Waals surface area contributed by atoms with Crippen LogP contribution >= 0.6 is 0 Å². The average Bonchev–Trinajstić information content (AvgIpc) is 3.55. The summed E-state index contributed by atoms with van der Waals surface area (Å²) in [6.07, 6.45) is 12.5. The number of amides is 2. The van der Waals surface area contributed by atoms with Gasteiger partial charge in [-0.25, -0.2) is 4.79 Å². The minimum absolute atomic E-state index is 0.272. The van der Waals surface area contributed by atoms with Crippen molar-refractivity contribution in [3.63, 3.8) is 0 Å². The van der Waals surface area contributed by atoms with Crippen molar-refractivity contribution in [3.8, 4) is 0 Å². The standard InChI is InChI=1S/C22H37N9O/c1-4-24-19(30-14-12-29(5-2)13-15-30)16-20(26-17-9-10-17)31(6-3)25-11-7-8-18-21(23)28-22(32)27-18/h8,11-12,14,16-17,21,26H,4-7,9-10,13,15,23H2,1-3H3,(H2,27,28,32)/b18-8-,20-16-,24-19+,25-11-. The number of carbonyl (C=O) groups excluding carboxylic acids is 1. The summed E-state index contributed by atoms with van der Waals surface area (Å²) in [7, 11) is 0. The maximum Gasteiger partial charge on any atom is 0.320 e. The van der Waals surface area contributed by atoms with Crippen LogP contribution < -0.4 is 21.7 Å². The van der Waals surface area contributed by atoms with Gasteiger partial charge in [0.05, 0.1) is 5.70 Å². The van der Waals surface area contributed by atoms with Crippen molar-refractivity contribution in [2.24, 2.45) is 15.8 Å². The Bertz CT molecular complexity index is 797. The molecule has 1 aliphatic carbocycles. The lowest BCUT2D eigenvalue weighted by Gasteiger charge is -2.31. The van der Waals surface area contributed by atoms with Crippen LogP contribution in [0.15, 0.2) is 46.2 Å². The molecular weight excluding hydrogens is 406 g/mol. The van der Waals surface area contributed by atoms with E-state index >= 15 is 0 Å². The predicted octanol–water partition coefficient (Wildman–Crippen LogP) is 1.29. The number of allylic oxidation sites excluding steroid dienone is 1. The van der Waals surface area contributed by atoms with E-state index in [9.17, 15) is 4.79 Å². The molecule has 1 saturated carbocycles. The van der Waals surface area contributed by atoms with Crippen molar-refractivity contribution in [2.45, 2.75) is 52.2 Å². The molecule has 32 heavy (non-hydrogen) atoms. The Hall–Kier alpha value is -3.01. The second-order valence-corrected chi connectivity index (χ2v) is 7.89. The van der Waals surface area contributed by atoms with E-state index in [-0.39, 0.29) is 6.03 Å². The minimum atomic E-state index is -0.487. The van der Waals surface area contributed by atoms with Crippen LogP contribution in [-0.4, -0.2) is 77.8 Å². The number of likely N-dealkylation sites (N-methyl/N-ethyl adjacent to an activating group) is 1. The van der Waals surface area contributed by atoms with Gasteiger partial charge in [-0.05, 0) is 33.6 Å². The highest BCUT2D eigenvalue weighted by atomic mass is 16.2. The van der Waals surface area contributed by atoms with E-state index in [1.165, 1.54) is 12.8 Å². The number of nitrogens with one attached hydrogen (secondary N) is 3. The van der Waals surface area contributed by atoms with Gasteiger partial charge in [-0.1, -0.05) is 6.08 Å². The van der Waals surface area contributed by atoms with E-state index in [1.807, 2.05) is 17.3 Å². The Morgan fingerprint density at radius 2 is 2.12 bits per heavy atom. The van der Waals surface area contributed by atoms with Crippen molar-refractivity contribution in [1.82, 2.24) is 30.8 Å². The molecule has 0 bridgehead atoms. The molecule has 176 valence electrons. The van der Waals surface area contributed by atoms with Crippen molar-refractivity contribution < 1.29 is 4.79 Å². The number of carbonyl (C=O) groups is 1. The number of nitrogens with zero attached hydrogens (tertiary/aromatic N) is 5. The molecule has 2 aliphatic heterocycles. The predicted molar refractivity (Wildman–Crippen MR) is 129 cm³/mol. The molecule has 3 rings (SSSR count). The fourth-order valence-electron chi connectivity index (χ4n) is 3.43. The molecule has 1 saturated heterocycles. The second-order valence-electron chi connectivity index (χ2n) is 7.89. The quantitative estimate of drug-likeness (QED) is 0.230. The van der Waals surface area contributed by atoms with Gasteiger partial charge in [0, 0.05) is 69.9 Å². The summed E-state index contributed by atoms with van der Waals surface area (Å²) >= 11 is 0. The molecule has 2 heterocycles. The lowest BCUT2D eigenvalue weighted by Crippen LogP contribution is -2.39. The highest BCUT2D eigenvalue weighted by Gasteiger charge is 2.25. The van der Waals surface area contributed by atoms with Crippen molar-refractivity contribution >= 4 is 18.1 Å². The monoisotopic (exact) mass is 443 g/mol. The molecule has 0 radical (unpaired) electrons. The van der Waals surface area contributed by atoms with E-state index in [2.05, 4.69) is 70.1 Å². The smallest absolute Gasteiger partial charge is 0.320 e. The van der Waals surface area contributed by atoms with Crippen LogP contribution in [0.25, 0.3) is 0 Å². The lowest BCUT2D eigenvalue weighted by atomic mass is 10.3. The highest BCUT2D eigenvalue weighted by Crippen LogP contribution is 2.21. The van der Waals surface area contributed by atoms with Crippen LogP contribution in [-0.2, 0) is 0 Å². The van der Waals surface area contributed by atoms with Crippen molar-refractivity contribution in [3.05, 3.63) is 36.1 Å². The van der Waals surface area contributed by atoms with E-state index < -0.39 is 6.17 Å². The zero-order valence-corrected chi connectivity index (χ0v) is 19.4. The third-order valence-electron chi connectivity index (χ3n) is 5.42. The molecule has 0 aromatic carbocycles. The first-order valence-corrected chi connectivity index (χ1v) is 11.6. The van der Waals surface area contributed by atoms with Gasteiger partial charge < -0.3 is 31.5 Å². The third kappa shape index (κ3) is 6.74. The van der Waals surface area contributed by atoms with Crippen LogP contribution in [0, 0.1) is 0 Å². The summed E-state index contributed by atoms with van der Waals surface area (Å²) in [6, 6.07) is 0.215. The molecule has 1 unspecified atom stereocenters. The first-order chi connectivity index (χ1) is 15.5. The van der Waals surface area contributed by atoms with Gasteiger partial charge in [0.2, 0.25) is 0 Å². The van der Waals surface area contributed by atoms with E-state index in [0.717, 1.165) is 37.8 Å². The largest absolute Gasteiger partial charge is 0.375 e. The Labute approximate surface area is 191 Å². The fraction of sp³-hybridized carbons (Fsp3) is 0.591. The molecular formula is C22H37N9O. The Balaban J connectivity index is 1.73. The van der Waals surface area contributed by atoms with E-state index in [1.54, 1.807) is 0 Å². The molecule has 2 fully saturated rings. The summed E-state index contributed by atoms with van der Waals surface area (Å²) in [4.78, 5) is 20.6. The molecule has 3 aliphatic rings. The van der Waals surface area contributed by atoms with Crippen LogP contribution in [0.3, 0.4) is 0 Å². The first-order valence-electron chi connectivity index (χ1n) is 11.6. The first kappa shape index (κ1) is 23.6. The van der Waals surface area contributed by atoms with Gasteiger partial charge in [-0.2, -0.15) is 5.10 Å². The zero-order chi connectivity index (χ0) is 22.9. The van der Waals surface area contributed by atoms with Gasteiger partial charge in [0.25, 0.3) is 0 Å². The fourth-order valence-corrected chi connectivity index (χ4v) is 3.43. The number of hydrogen-bond acceptors (Lipinski definition) is 7. The Kier molecular flexibility index (Phi) is 8.55. The average molecular weight is 444 g/mol. The molecule has 1 atom stereocenters. The van der Waals surface area contributed by atoms with Gasteiger partial charge in [0.15, 0.2) is 0 Å². The normalized spacial score (nSPS) is 23.2. The van der Waals surface area contributed by atoms with Crippen molar-refractivity contribution in [2.75, 3.05) is 32.7 Å². The molecule has 0 spiro atoms. The number of aliphatic imine (C=N–C) groups is 1.